The minimum atomic E-state index is 0.0193. The first-order valence-corrected chi connectivity index (χ1v) is 6.97. The number of rotatable bonds is 6. The van der Waals surface area contributed by atoms with Gasteiger partial charge in [-0.3, -0.25) is 0 Å². The lowest BCUT2D eigenvalue weighted by molar-refractivity contribution is 0.177. The average Bonchev–Trinajstić information content (AvgIpc) is 2.30. The fourth-order valence-electron chi connectivity index (χ4n) is 1.40. The number of ether oxygens (including phenoxy) is 1. The molecule has 0 aliphatic carbocycles. The van der Waals surface area contributed by atoms with Crippen molar-refractivity contribution in [2.45, 2.75) is 20.8 Å². The van der Waals surface area contributed by atoms with Gasteiger partial charge in [-0.05, 0) is 12.6 Å². The highest BCUT2D eigenvalue weighted by Crippen LogP contribution is 2.34. The third-order valence-corrected chi connectivity index (χ3v) is 3.46. The van der Waals surface area contributed by atoms with Crippen molar-refractivity contribution < 1.29 is 4.74 Å². The van der Waals surface area contributed by atoms with Crippen LogP contribution in [0, 0.1) is 5.41 Å². The zero-order valence-electron chi connectivity index (χ0n) is 10.8. The Balaban J connectivity index is 2.66. The van der Waals surface area contributed by atoms with E-state index in [-0.39, 0.29) is 5.41 Å². The predicted octanol–water partition coefficient (Wildman–Crippen LogP) is 4.66. The zero-order valence-corrected chi connectivity index (χ0v) is 13.1. The van der Waals surface area contributed by atoms with Crippen LogP contribution in [0.25, 0.3) is 0 Å². The summed E-state index contributed by atoms with van der Waals surface area (Å²) in [6.45, 7) is 8.70. The van der Waals surface area contributed by atoms with E-state index in [0.29, 0.717) is 27.4 Å². The van der Waals surface area contributed by atoms with Crippen molar-refractivity contribution in [3.05, 3.63) is 27.2 Å². The molecule has 0 aliphatic heterocycles. The van der Waals surface area contributed by atoms with E-state index < -0.39 is 0 Å². The van der Waals surface area contributed by atoms with Crippen LogP contribution in [0.1, 0.15) is 20.8 Å². The molecular weight excluding hydrogens is 293 g/mol. The minimum Gasteiger partial charge on any atom is -0.491 e. The lowest BCUT2D eigenvalue weighted by atomic mass is 9.95. The maximum atomic E-state index is 6.05. The molecule has 0 saturated carbocycles. The Kier molecular flexibility index (Phi) is 6.06. The smallest absolute Gasteiger partial charge is 0.139 e. The zero-order chi connectivity index (χ0) is 13.8. The Hall–Kier alpha value is -0.150. The molecule has 0 spiro atoms. The molecule has 0 atom stereocenters. The standard InChI is InChI=1S/C13H18Cl3NO/c1-4-17-7-13(2,3)8-18-12-6-10(15)9(14)5-11(12)16/h5-6,17H,4,7-8H2,1-3H3. The Morgan fingerprint density at radius 3 is 2.33 bits per heavy atom. The second-order valence-electron chi connectivity index (χ2n) is 4.93. The molecular formula is C13H18Cl3NO. The summed E-state index contributed by atoms with van der Waals surface area (Å²) in [6, 6.07) is 3.24. The first-order valence-electron chi connectivity index (χ1n) is 5.84. The van der Waals surface area contributed by atoms with Crippen LogP contribution in [-0.4, -0.2) is 19.7 Å². The number of benzene rings is 1. The van der Waals surface area contributed by atoms with Gasteiger partial charge in [0.25, 0.3) is 0 Å². The summed E-state index contributed by atoms with van der Waals surface area (Å²) in [7, 11) is 0. The largest absolute Gasteiger partial charge is 0.491 e. The van der Waals surface area contributed by atoms with Crippen molar-refractivity contribution in [3.63, 3.8) is 0 Å². The highest BCUT2D eigenvalue weighted by atomic mass is 35.5. The van der Waals surface area contributed by atoms with Gasteiger partial charge in [-0.2, -0.15) is 0 Å². The summed E-state index contributed by atoms with van der Waals surface area (Å²) < 4.78 is 5.72. The van der Waals surface area contributed by atoms with Gasteiger partial charge in [0.1, 0.15) is 5.75 Å². The summed E-state index contributed by atoms with van der Waals surface area (Å²) >= 11 is 17.9. The SMILES string of the molecule is CCNCC(C)(C)COc1cc(Cl)c(Cl)cc1Cl. The molecule has 0 amide bonds. The van der Waals surface area contributed by atoms with Crippen LogP contribution < -0.4 is 10.1 Å². The second kappa shape index (κ2) is 6.85. The van der Waals surface area contributed by atoms with Gasteiger partial charge in [0, 0.05) is 18.0 Å². The van der Waals surface area contributed by atoms with Crippen molar-refractivity contribution in [3.8, 4) is 5.75 Å². The van der Waals surface area contributed by atoms with Crippen molar-refractivity contribution in [2.75, 3.05) is 19.7 Å². The maximum absolute atomic E-state index is 6.05. The number of halogens is 3. The first kappa shape index (κ1) is 15.9. The van der Waals surface area contributed by atoms with Crippen molar-refractivity contribution in [2.24, 2.45) is 5.41 Å². The van der Waals surface area contributed by atoms with Crippen LogP contribution in [0.5, 0.6) is 5.75 Å². The Morgan fingerprint density at radius 2 is 1.72 bits per heavy atom. The number of hydrogen-bond acceptors (Lipinski definition) is 2. The molecule has 0 aliphatic rings. The van der Waals surface area contributed by atoms with Gasteiger partial charge in [-0.15, -0.1) is 0 Å². The fourth-order valence-corrected chi connectivity index (χ4v) is 1.99. The van der Waals surface area contributed by atoms with Gasteiger partial charge in [-0.25, -0.2) is 0 Å². The van der Waals surface area contributed by atoms with Crippen LogP contribution in [0.15, 0.2) is 12.1 Å². The first-order chi connectivity index (χ1) is 8.35. The van der Waals surface area contributed by atoms with E-state index >= 15 is 0 Å². The molecule has 2 nitrogen and oxygen atoms in total. The van der Waals surface area contributed by atoms with E-state index in [9.17, 15) is 0 Å². The van der Waals surface area contributed by atoms with Gasteiger partial charge in [0.15, 0.2) is 0 Å². The highest BCUT2D eigenvalue weighted by Gasteiger charge is 2.19. The van der Waals surface area contributed by atoms with E-state index in [0.717, 1.165) is 13.1 Å². The molecule has 0 bridgehead atoms. The minimum absolute atomic E-state index is 0.0193. The summed E-state index contributed by atoms with van der Waals surface area (Å²) in [5.41, 5.74) is 0.0193. The average molecular weight is 311 g/mol. The van der Waals surface area contributed by atoms with Crippen LogP contribution in [0.4, 0.5) is 0 Å². The molecule has 18 heavy (non-hydrogen) atoms. The molecule has 1 N–H and O–H groups in total. The number of hydrogen-bond donors (Lipinski definition) is 1. The molecule has 0 unspecified atom stereocenters. The maximum Gasteiger partial charge on any atom is 0.139 e. The summed E-state index contributed by atoms with van der Waals surface area (Å²) in [5.74, 6) is 0.565. The van der Waals surface area contributed by atoms with Crippen molar-refractivity contribution in [1.82, 2.24) is 5.32 Å². The topological polar surface area (TPSA) is 21.3 Å². The van der Waals surface area contributed by atoms with Crippen LogP contribution in [0.3, 0.4) is 0 Å². The highest BCUT2D eigenvalue weighted by molar-refractivity contribution is 6.43. The van der Waals surface area contributed by atoms with E-state index in [1.807, 2.05) is 0 Å². The van der Waals surface area contributed by atoms with E-state index in [4.69, 9.17) is 39.5 Å². The Bertz CT molecular complexity index is 407. The van der Waals surface area contributed by atoms with Crippen LogP contribution in [-0.2, 0) is 0 Å². The monoisotopic (exact) mass is 309 g/mol. The summed E-state index contributed by atoms with van der Waals surface area (Å²) in [6.07, 6.45) is 0. The van der Waals surface area contributed by atoms with Gasteiger partial charge >= 0.3 is 0 Å². The second-order valence-corrected chi connectivity index (χ2v) is 6.15. The lowest BCUT2D eigenvalue weighted by Crippen LogP contribution is -2.34. The van der Waals surface area contributed by atoms with Gasteiger partial charge < -0.3 is 10.1 Å². The molecule has 0 radical (unpaired) electrons. The fraction of sp³-hybridized carbons (Fsp3) is 0.538. The summed E-state index contributed by atoms with van der Waals surface area (Å²) in [4.78, 5) is 0. The molecule has 5 heteroatoms. The third kappa shape index (κ3) is 4.85. The van der Waals surface area contributed by atoms with Gasteiger partial charge in [0.2, 0.25) is 0 Å². The Morgan fingerprint density at radius 1 is 1.11 bits per heavy atom. The molecule has 0 heterocycles. The van der Waals surface area contributed by atoms with Crippen molar-refractivity contribution >= 4 is 34.8 Å². The quantitative estimate of drug-likeness (QED) is 0.772. The molecule has 102 valence electrons. The normalized spacial score (nSPS) is 11.7. The van der Waals surface area contributed by atoms with Gasteiger partial charge in [0.05, 0.1) is 21.7 Å². The summed E-state index contributed by atoms with van der Waals surface area (Å²) in [5, 5.41) is 4.65. The van der Waals surface area contributed by atoms with E-state index in [2.05, 4.69) is 26.1 Å². The number of nitrogens with one attached hydrogen (secondary N) is 1. The molecule has 0 aromatic heterocycles. The molecule has 1 aromatic carbocycles. The molecule has 1 rings (SSSR count). The molecule has 1 aromatic rings. The van der Waals surface area contributed by atoms with E-state index in [1.165, 1.54) is 0 Å². The van der Waals surface area contributed by atoms with Crippen LogP contribution in [0.2, 0.25) is 15.1 Å². The Labute approximate surface area is 124 Å². The van der Waals surface area contributed by atoms with Gasteiger partial charge in [-0.1, -0.05) is 55.6 Å². The molecule has 0 fully saturated rings. The molecule has 0 saturated heterocycles. The van der Waals surface area contributed by atoms with Crippen LogP contribution >= 0.6 is 34.8 Å². The lowest BCUT2D eigenvalue weighted by Gasteiger charge is -2.25. The van der Waals surface area contributed by atoms with E-state index in [1.54, 1.807) is 12.1 Å². The third-order valence-electron chi connectivity index (χ3n) is 2.45. The predicted molar refractivity (Wildman–Crippen MR) is 79.3 cm³/mol. The van der Waals surface area contributed by atoms with Crippen molar-refractivity contribution in [1.29, 1.82) is 0 Å².